The summed E-state index contributed by atoms with van der Waals surface area (Å²) in [4.78, 5) is 8.67. The number of halogens is 1. The van der Waals surface area contributed by atoms with Gasteiger partial charge in [-0.3, -0.25) is 0 Å². The summed E-state index contributed by atoms with van der Waals surface area (Å²) in [7, 11) is 0. The summed E-state index contributed by atoms with van der Waals surface area (Å²) in [6.45, 7) is 6.57. The van der Waals surface area contributed by atoms with E-state index in [2.05, 4.69) is 71.0 Å². The van der Waals surface area contributed by atoms with Gasteiger partial charge in [0, 0.05) is 13.1 Å². The molecule has 3 aromatic rings. The summed E-state index contributed by atoms with van der Waals surface area (Å²) >= 11 is 0. The van der Waals surface area contributed by atoms with Gasteiger partial charge in [0.15, 0.2) is 5.96 Å². The summed E-state index contributed by atoms with van der Waals surface area (Å²) in [5.41, 5.74) is 3.46. The molecule has 2 aromatic carbocycles. The third kappa shape index (κ3) is 6.33. The molecule has 0 radical (unpaired) electrons. The molecule has 148 valence electrons. The number of guanidine groups is 1. The summed E-state index contributed by atoms with van der Waals surface area (Å²) in [5.74, 6) is 1.25. The number of aromatic nitrogens is 3. The van der Waals surface area contributed by atoms with Gasteiger partial charge in [0.05, 0.1) is 12.2 Å². The molecule has 0 aliphatic carbocycles. The molecule has 0 amide bonds. The van der Waals surface area contributed by atoms with Gasteiger partial charge in [-0.05, 0) is 36.1 Å². The van der Waals surface area contributed by atoms with Crippen LogP contribution in [0.5, 0.6) is 0 Å². The molecular formula is C21H27IN6. The second kappa shape index (κ2) is 11.4. The van der Waals surface area contributed by atoms with Gasteiger partial charge in [-0.2, -0.15) is 5.10 Å². The van der Waals surface area contributed by atoms with Crippen molar-refractivity contribution >= 4 is 29.9 Å². The Bertz CT molecular complexity index is 831. The minimum atomic E-state index is 0. The molecule has 0 saturated carbocycles. The van der Waals surface area contributed by atoms with Gasteiger partial charge in [0.1, 0.15) is 12.7 Å². The zero-order valence-corrected chi connectivity index (χ0v) is 18.6. The Morgan fingerprint density at radius 3 is 2.46 bits per heavy atom. The second-order valence-corrected chi connectivity index (χ2v) is 6.39. The number of rotatable bonds is 7. The lowest BCUT2D eigenvalue weighted by atomic mass is 10.0. The highest BCUT2D eigenvalue weighted by Crippen LogP contribution is 2.13. The Morgan fingerprint density at radius 2 is 1.82 bits per heavy atom. The molecule has 7 heteroatoms. The zero-order chi connectivity index (χ0) is 18.9. The fourth-order valence-electron chi connectivity index (χ4n) is 2.76. The van der Waals surface area contributed by atoms with Gasteiger partial charge < -0.3 is 10.6 Å². The van der Waals surface area contributed by atoms with Crippen molar-refractivity contribution in [3.8, 4) is 5.69 Å². The predicted molar refractivity (Wildman–Crippen MR) is 124 cm³/mol. The molecule has 1 aromatic heterocycles. The van der Waals surface area contributed by atoms with Gasteiger partial charge in [-0.25, -0.2) is 14.7 Å². The lowest BCUT2D eigenvalue weighted by Gasteiger charge is -2.16. The molecule has 1 unspecified atom stereocenters. The van der Waals surface area contributed by atoms with Crippen LogP contribution in [0.2, 0.25) is 0 Å². The average molecular weight is 490 g/mol. The van der Waals surface area contributed by atoms with Gasteiger partial charge in [-0.15, -0.1) is 24.0 Å². The first kappa shape index (κ1) is 21.9. The van der Waals surface area contributed by atoms with Gasteiger partial charge in [0.2, 0.25) is 0 Å². The van der Waals surface area contributed by atoms with E-state index in [0.717, 1.165) is 30.3 Å². The second-order valence-electron chi connectivity index (χ2n) is 6.39. The van der Waals surface area contributed by atoms with Crippen LogP contribution in [-0.2, 0) is 6.54 Å². The summed E-state index contributed by atoms with van der Waals surface area (Å²) in [5, 5.41) is 10.9. The Labute approximate surface area is 183 Å². The van der Waals surface area contributed by atoms with Crippen LogP contribution in [0, 0.1) is 0 Å². The fourth-order valence-corrected chi connectivity index (χ4v) is 2.76. The number of hydrogen-bond acceptors (Lipinski definition) is 3. The number of nitrogens with zero attached hydrogens (tertiary/aromatic N) is 4. The topological polar surface area (TPSA) is 67.1 Å². The number of benzene rings is 2. The highest BCUT2D eigenvalue weighted by molar-refractivity contribution is 14.0. The van der Waals surface area contributed by atoms with E-state index < -0.39 is 0 Å². The molecule has 6 nitrogen and oxygen atoms in total. The lowest BCUT2D eigenvalue weighted by molar-refractivity contribution is 0.699. The first-order chi connectivity index (χ1) is 13.3. The smallest absolute Gasteiger partial charge is 0.191 e. The SMILES string of the molecule is CCNC(=NCc1ccc(-n2cncn2)cc1)NCC(C)c1ccccc1.I. The molecule has 0 saturated heterocycles. The van der Waals surface area contributed by atoms with Crippen LogP contribution in [0.25, 0.3) is 5.69 Å². The van der Waals surface area contributed by atoms with E-state index in [1.807, 2.05) is 18.2 Å². The van der Waals surface area contributed by atoms with E-state index >= 15 is 0 Å². The molecule has 0 fully saturated rings. The molecule has 3 rings (SSSR count). The standard InChI is InChI=1S/C21H26N6.HI/c1-3-23-21(24-13-17(2)19-7-5-4-6-8-19)25-14-18-9-11-20(12-10-18)27-16-22-15-26-27;/h4-12,15-17H,3,13-14H2,1-2H3,(H2,23,24,25);1H. The number of nitrogens with one attached hydrogen (secondary N) is 2. The molecule has 1 atom stereocenters. The minimum Gasteiger partial charge on any atom is -0.357 e. The molecule has 1 heterocycles. The van der Waals surface area contributed by atoms with Crippen LogP contribution in [0.3, 0.4) is 0 Å². The summed E-state index contributed by atoms with van der Waals surface area (Å²) in [6, 6.07) is 18.7. The van der Waals surface area contributed by atoms with E-state index in [-0.39, 0.29) is 24.0 Å². The van der Waals surface area contributed by atoms with Crippen molar-refractivity contribution in [1.29, 1.82) is 0 Å². The molecular weight excluding hydrogens is 463 g/mol. The van der Waals surface area contributed by atoms with Gasteiger partial charge in [0.25, 0.3) is 0 Å². The summed E-state index contributed by atoms with van der Waals surface area (Å²) in [6.07, 6.45) is 3.22. The van der Waals surface area contributed by atoms with Crippen LogP contribution in [0.4, 0.5) is 0 Å². The van der Waals surface area contributed by atoms with Crippen molar-refractivity contribution in [1.82, 2.24) is 25.4 Å². The van der Waals surface area contributed by atoms with E-state index in [1.54, 1.807) is 11.0 Å². The van der Waals surface area contributed by atoms with Crippen molar-refractivity contribution in [2.45, 2.75) is 26.3 Å². The van der Waals surface area contributed by atoms with Gasteiger partial charge >= 0.3 is 0 Å². The van der Waals surface area contributed by atoms with Crippen LogP contribution in [0.1, 0.15) is 30.9 Å². The van der Waals surface area contributed by atoms with Crippen molar-refractivity contribution in [3.05, 3.63) is 78.4 Å². The maximum absolute atomic E-state index is 4.70. The maximum atomic E-state index is 4.70. The van der Waals surface area contributed by atoms with Crippen LogP contribution >= 0.6 is 24.0 Å². The van der Waals surface area contributed by atoms with Crippen LogP contribution < -0.4 is 10.6 Å². The van der Waals surface area contributed by atoms with E-state index in [9.17, 15) is 0 Å². The number of aliphatic imine (C=N–C) groups is 1. The Hall–Kier alpha value is -2.42. The normalized spacial score (nSPS) is 12.1. The molecule has 0 spiro atoms. The Kier molecular flexibility index (Phi) is 8.93. The van der Waals surface area contributed by atoms with Crippen LogP contribution in [0.15, 0.2) is 72.2 Å². The minimum absolute atomic E-state index is 0. The molecule has 0 bridgehead atoms. The quantitative estimate of drug-likeness (QED) is 0.301. The third-order valence-electron chi connectivity index (χ3n) is 4.33. The van der Waals surface area contributed by atoms with E-state index in [0.29, 0.717) is 12.5 Å². The molecule has 0 aliphatic heterocycles. The van der Waals surface area contributed by atoms with Crippen molar-refractivity contribution in [2.75, 3.05) is 13.1 Å². The number of hydrogen-bond donors (Lipinski definition) is 2. The van der Waals surface area contributed by atoms with Gasteiger partial charge in [-0.1, -0.05) is 49.4 Å². The van der Waals surface area contributed by atoms with Crippen molar-refractivity contribution < 1.29 is 0 Å². The zero-order valence-electron chi connectivity index (χ0n) is 16.2. The van der Waals surface area contributed by atoms with E-state index in [4.69, 9.17) is 4.99 Å². The Morgan fingerprint density at radius 1 is 1.07 bits per heavy atom. The Balaban J connectivity index is 0.00000280. The first-order valence-corrected chi connectivity index (χ1v) is 9.27. The molecule has 2 N–H and O–H groups in total. The van der Waals surface area contributed by atoms with E-state index in [1.165, 1.54) is 11.9 Å². The fraction of sp³-hybridized carbons (Fsp3) is 0.286. The molecule has 0 aliphatic rings. The predicted octanol–water partition coefficient (Wildman–Crippen LogP) is 3.74. The third-order valence-corrected chi connectivity index (χ3v) is 4.33. The lowest BCUT2D eigenvalue weighted by Crippen LogP contribution is -2.39. The first-order valence-electron chi connectivity index (χ1n) is 9.27. The van der Waals surface area contributed by atoms with Crippen LogP contribution in [-0.4, -0.2) is 33.8 Å². The highest BCUT2D eigenvalue weighted by atomic mass is 127. The summed E-state index contributed by atoms with van der Waals surface area (Å²) < 4.78 is 1.74. The highest BCUT2D eigenvalue weighted by Gasteiger charge is 2.06. The van der Waals surface area contributed by atoms with Crippen molar-refractivity contribution in [2.24, 2.45) is 4.99 Å². The largest absolute Gasteiger partial charge is 0.357 e. The van der Waals surface area contributed by atoms with Crippen molar-refractivity contribution in [3.63, 3.8) is 0 Å². The monoisotopic (exact) mass is 490 g/mol. The maximum Gasteiger partial charge on any atom is 0.191 e. The molecule has 28 heavy (non-hydrogen) atoms. The average Bonchev–Trinajstić information content (AvgIpc) is 3.26.